The molecule has 33 heavy (non-hydrogen) atoms. The number of piperidine rings is 1. The summed E-state index contributed by atoms with van der Waals surface area (Å²) < 4.78 is 0. The Morgan fingerprint density at radius 2 is 1.73 bits per heavy atom. The highest BCUT2D eigenvalue weighted by Gasteiger charge is 2.50. The van der Waals surface area contributed by atoms with Crippen molar-refractivity contribution in [1.82, 2.24) is 9.80 Å². The Morgan fingerprint density at radius 1 is 1.06 bits per heavy atom. The fourth-order valence-corrected chi connectivity index (χ4v) is 5.98. The summed E-state index contributed by atoms with van der Waals surface area (Å²) in [6.45, 7) is 7.17. The van der Waals surface area contributed by atoms with Crippen molar-refractivity contribution in [1.29, 1.82) is 0 Å². The second kappa shape index (κ2) is 8.79. The van der Waals surface area contributed by atoms with Crippen LogP contribution in [0.5, 0.6) is 0 Å². The predicted octanol–water partition coefficient (Wildman–Crippen LogP) is 5.29. The van der Waals surface area contributed by atoms with E-state index in [9.17, 15) is 9.59 Å². The van der Waals surface area contributed by atoms with Crippen LogP contribution in [0.25, 0.3) is 0 Å². The molecule has 1 saturated heterocycles. The molecule has 1 spiro atoms. The van der Waals surface area contributed by atoms with Crippen molar-refractivity contribution < 1.29 is 9.59 Å². The van der Waals surface area contributed by atoms with Crippen LogP contribution in [0, 0.1) is 17.3 Å². The average molecular weight is 465 g/mol. The van der Waals surface area contributed by atoms with Crippen LogP contribution in [-0.4, -0.2) is 41.2 Å². The van der Waals surface area contributed by atoms with Gasteiger partial charge in [0.25, 0.3) is 0 Å². The number of hydrogen-bond donors (Lipinski definition) is 0. The Kier molecular flexibility index (Phi) is 5.98. The van der Waals surface area contributed by atoms with Crippen LogP contribution in [0.2, 0.25) is 5.02 Å². The molecule has 2 aliphatic heterocycles. The second-order valence-corrected chi connectivity index (χ2v) is 11.1. The van der Waals surface area contributed by atoms with Crippen LogP contribution < -0.4 is 0 Å². The maximum atomic E-state index is 13.8. The van der Waals surface area contributed by atoms with Crippen molar-refractivity contribution in [2.45, 2.75) is 52.0 Å². The van der Waals surface area contributed by atoms with E-state index < -0.39 is 5.41 Å². The maximum absolute atomic E-state index is 13.8. The molecule has 2 amide bonds. The zero-order chi connectivity index (χ0) is 23.2. The molecule has 2 atom stereocenters. The first-order chi connectivity index (χ1) is 15.9. The summed E-state index contributed by atoms with van der Waals surface area (Å²) in [5.74, 6) is 1.34. The zero-order valence-electron chi connectivity index (χ0n) is 19.6. The summed E-state index contributed by atoms with van der Waals surface area (Å²) >= 11 is 6.02. The molecule has 2 heterocycles. The van der Waals surface area contributed by atoms with E-state index >= 15 is 0 Å². The molecule has 1 saturated carbocycles. The maximum Gasteiger partial charge on any atom is 0.229 e. The van der Waals surface area contributed by atoms with Gasteiger partial charge in [-0.2, -0.15) is 0 Å². The zero-order valence-corrected chi connectivity index (χ0v) is 20.4. The van der Waals surface area contributed by atoms with Crippen LogP contribution in [0.1, 0.15) is 55.7 Å². The molecule has 0 radical (unpaired) electrons. The summed E-state index contributed by atoms with van der Waals surface area (Å²) in [4.78, 5) is 31.2. The topological polar surface area (TPSA) is 40.6 Å². The molecule has 2 aromatic rings. The van der Waals surface area contributed by atoms with Gasteiger partial charge >= 0.3 is 0 Å². The monoisotopic (exact) mass is 464 g/mol. The fourth-order valence-electron chi connectivity index (χ4n) is 5.85. The van der Waals surface area contributed by atoms with E-state index in [1.54, 1.807) is 0 Å². The highest BCUT2D eigenvalue weighted by Crippen LogP contribution is 2.49. The van der Waals surface area contributed by atoms with Gasteiger partial charge in [-0.1, -0.05) is 61.8 Å². The minimum atomic E-state index is -0.391. The quantitative estimate of drug-likeness (QED) is 0.616. The summed E-state index contributed by atoms with van der Waals surface area (Å²) in [5, 5.41) is 0.727. The molecule has 0 N–H and O–H groups in total. The number of benzene rings is 2. The number of fused-ring (bicyclic) bond motifs is 1. The predicted molar refractivity (Wildman–Crippen MR) is 131 cm³/mol. The van der Waals surface area contributed by atoms with Crippen LogP contribution in [0.15, 0.2) is 48.5 Å². The van der Waals surface area contributed by atoms with E-state index in [1.165, 1.54) is 16.7 Å². The van der Waals surface area contributed by atoms with Crippen LogP contribution in [0.4, 0.5) is 0 Å². The number of carbonyl (C=O) groups is 2. The van der Waals surface area contributed by atoms with Gasteiger partial charge in [-0.25, -0.2) is 0 Å². The largest absolute Gasteiger partial charge is 0.342 e. The molecule has 0 aromatic heterocycles. The minimum Gasteiger partial charge on any atom is -0.342 e. The number of hydrogen-bond acceptors (Lipinski definition) is 2. The third-order valence-electron chi connectivity index (χ3n) is 7.77. The van der Waals surface area contributed by atoms with E-state index in [0.29, 0.717) is 31.5 Å². The smallest absolute Gasteiger partial charge is 0.229 e. The molecule has 2 fully saturated rings. The third-order valence-corrected chi connectivity index (χ3v) is 8.02. The molecule has 2 aromatic carbocycles. The lowest BCUT2D eigenvalue weighted by atomic mass is 9.72. The van der Waals surface area contributed by atoms with Crippen molar-refractivity contribution in [2.75, 3.05) is 19.6 Å². The lowest BCUT2D eigenvalue weighted by molar-refractivity contribution is -0.149. The number of nitrogens with zero attached hydrogens (tertiary/aromatic N) is 2. The van der Waals surface area contributed by atoms with Crippen molar-refractivity contribution in [3.8, 4) is 0 Å². The molecule has 174 valence electrons. The number of carbonyl (C=O) groups excluding carboxylic acids is 2. The SMILES string of the molecule is CC(C)CN1Cc2ccccc2CC2(CCN(C(=O)C3CC3c3ccc(Cl)cc3)CC2)C1=O. The summed E-state index contributed by atoms with van der Waals surface area (Å²) in [5.41, 5.74) is 3.37. The Labute approximate surface area is 201 Å². The molecule has 3 aliphatic rings. The van der Waals surface area contributed by atoms with Gasteiger partial charge in [0.15, 0.2) is 0 Å². The van der Waals surface area contributed by atoms with Crippen molar-refractivity contribution in [2.24, 2.45) is 17.3 Å². The van der Waals surface area contributed by atoms with Crippen LogP contribution in [0.3, 0.4) is 0 Å². The molecular weight excluding hydrogens is 432 g/mol. The molecule has 1 aliphatic carbocycles. The van der Waals surface area contributed by atoms with Crippen molar-refractivity contribution in [3.05, 3.63) is 70.2 Å². The van der Waals surface area contributed by atoms with Crippen molar-refractivity contribution in [3.63, 3.8) is 0 Å². The lowest BCUT2D eigenvalue weighted by Gasteiger charge is -2.42. The lowest BCUT2D eigenvalue weighted by Crippen LogP contribution is -2.52. The Balaban J connectivity index is 1.29. The first-order valence-electron chi connectivity index (χ1n) is 12.3. The molecular formula is C28H33ClN2O2. The molecule has 2 unspecified atom stereocenters. The Bertz CT molecular complexity index is 1040. The first kappa shape index (κ1) is 22.5. The molecule has 0 bridgehead atoms. The van der Waals surface area contributed by atoms with E-state index in [0.717, 1.165) is 37.3 Å². The van der Waals surface area contributed by atoms with E-state index in [1.807, 2.05) is 29.2 Å². The fraction of sp³-hybridized carbons (Fsp3) is 0.500. The van der Waals surface area contributed by atoms with Crippen molar-refractivity contribution >= 4 is 23.4 Å². The van der Waals surface area contributed by atoms with Gasteiger partial charge < -0.3 is 9.80 Å². The number of halogens is 1. The highest BCUT2D eigenvalue weighted by atomic mass is 35.5. The van der Waals surface area contributed by atoms with Gasteiger partial charge in [-0.15, -0.1) is 0 Å². The van der Waals surface area contributed by atoms with E-state index in [-0.39, 0.29) is 17.7 Å². The van der Waals surface area contributed by atoms with Gasteiger partial charge in [0.2, 0.25) is 11.8 Å². The summed E-state index contributed by atoms with van der Waals surface area (Å²) in [7, 11) is 0. The van der Waals surface area contributed by atoms with Gasteiger partial charge in [0.05, 0.1) is 5.41 Å². The molecule has 4 nitrogen and oxygen atoms in total. The number of amides is 2. The normalized spacial score (nSPS) is 24.1. The third kappa shape index (κ3) is 4.42. The van der Waals surface area contributed by atoms with Gasteiger partial charge in [-0.3, -0.25) is 9.59 Å². The number of likely N-dealkylation sites (tertiary alicyclic amines) is 1. The summed E-state index contributed by atoms with van der Waals surface area (Å²) in [6.07, 6.45) is 3.20. The average Bonchev–Trinajstić information content (AvgIpc) is 3.61. The van der Waals surface area contributed by atoms with Crippen LogP contribution in [-0.2, 0) is 22.6 Å². The minimum absolute atomic E-state index is 0.0724. The number of rotatable bonds is 4. The van der Waals surface area contributed by atoms with Gasteiger partial charge in [0.1, 0.15) is 0 Å². The van der Waals surface area contributed by atoms with E-state index in [2.05, 4.69) is 43.0 Å². The molecule has 5 rings (SSSR count). The highest BCUT2D eigenvalue weighted by molar-refractivity contribution is 6.30. The van der Waals surface area contributed by atoms with Gasteiger partial charge in [0, 0.05) is 37.1 Å². The van der Waals surface area contributed by atoms with Gasteiger partial charge in [-0.05, 0) is 66.3 Å². The Morgan fingerprint density at radius 3 is 2.39 bits per heavy atom. The van der Waals surface area contributed by atoms with Crippen LogP contribution >= 0.6 is 11.6 Å². The standard InChI is InChI=1S/C28H33ClN2O2/c1-19(2)17-31-18-22-6-4-3-5-21(22)16-28(27(31)33)11-13-30(14-12-28)26(32)25-15-24(25)20-7-9-23(29)10-8-20/h3-10,19,24-25H,11-18H2,1-2H3. The Hall–Kier alpha value is -2.33. The second-order valence-electron chi connectivity index (χ2n) is 10.6. The summed E-state index contributed by atoms with van der Waals surface area (Å²) in [6, 6.07) is 16.4. The first-order valence-corrected chi connectivity index (χ1v) is 12.6. The molecule has 5 heteroatoms. The van der Waals surface area contributed by atoms with E-state index in [4.69, 9.17) is 11.6 Å².